The average molecular weight is 264 g/mol. The Bertz CT molecular complexity index is 474. The van der Waals surface area contributed by atoms with Crippen molar-refractivity contribution in [3.05, 3.63) is 18.0 Å². The molecule has 1 unspecified atom stereocenters. The van der Waals surface area contributed by atoms with Gasteiger partial charge in [0.2, 0.25) is 0 Å². The largest absolute Gasteiger partial charge is 0.338 e. The molecule has 0 radical (unpaired) electrons. The highest BCUT2D eigenvalue weighted by Crippen LogP contribution is 2.29. The van der Waals surface area contributed by atoms with E-state index in [0.29, 0.717) is 12.1 Å². The van der Waals surface area contributed by atoms with Crippen LogP contribution in [0.4, 0.5) is 0 Å². The third kappa shape index (κ3) is 2.81. The van der Waals surface area contributed by atoms with Gasteiger partial charge < -0.3 is 10.6 Å². The predicted octanol–water partition coefficient (Wildman–Crippen LogP) is 1.45. The van der Waals surface area contributed by atoms with Gasteiger partial charge in [-0.1, -0.05) is 6.92 Å². The molecule has 0 aliphatic carbocycles. The normalized spacial score (nSPS) is 23.9. The molecule has 5 heteroatoms. The lowest BCUT2D eigenvalue weighted by Crippen LogP contribution is -2.34. The molecular formula is C14H24N4O. The van der Waals surface area contributed by atoms with E-state index in [2.05, 4.69) is 32.8 Å². The monoisotopic (exact) mass is 264 g/mol. The topological polar surface area (TPSA) is 64.2 Å². The summed E-state index contributed by atoms with van der Waals surface area (Å²) < 4.78 is 1.83. The summed E-state index contributed by atoms with van der Waals surface area (Å²) >= 11 is 0. The number of nitrogens with zero attached hydrogens (tertiary/aromatic N) is 3. The SMILES string of the molecule is CC1(CN)CCN(C(=O)c2cnn(C(C)(C)C)c2)C1. The second-order valence-corrected chi connectivity index (χ2v) is 6.84. The van der Waals surface area contributed by atoms with E-state index < -0.39 is 0 Å². The van der Waals surface area contributed by atoms with Gasteiger partial charge in [0.05, 0.1) is 17.3 Å². The third-order valence-electron chi connectivity index (χ3n) is 3.85. The van der Waals surface area contributed by atoms with E-state index in [-0.39, 0.29) is 16.9 Å². The number of nitrogens with two attached hydrogens (primary N) is 1. The van der Waals surface area contributed by atoms with Gasteiger partial charge in [-0.25, -0.2) is 0 Å². The molecule has 1 amide bonds. The number of carbonyl (C=O) groups excluding carboxylic acids is 1. The molecule has 19 heavy (non-hydrogen) atoms. The Balaban J connectivity index is 2.11. The van der Waals surface area contributed by atoms with Crippen LogP contribution in [-0.2, 0) is 5.54 Å². The Morgan fingerprint density at radius 1 is 1.53 bits per heavy atom. The van der Waals surface area contributed by atoms with Crippen LogP contribution in [0.3, 0.4) is 0 Å². The van der Waals surface area contributed by atoms with Crippen LogP contribution >= 0.6 is 0 Å². The molecule has 0 aromatic carbocycles. The third-order valence-corrected chi connectivity index (χ3v) is 3.85. The van der Waals surface area contributed by atoms with Crippen molar-refractivity contribution in [2.45, 2.75) is 39.7 Å². The molecular weight excluding hydrogens is 240 g/mol. The van der Waals surface area contributed by atoms with Gasteiger partial charge in [-0.15, -0.1) is 0 Å². The van der Waals surface area contributed by atoms with Crippen LogP contribution in [-0.4, -0.2) is 40.2 Å². The molecule has 0 spiro atoms. The highest BCUT2D eigenvalue weighted by molar-refractivity contribution is 5.94. The van der Waals surface area contributed by atoms with Crippen LogP contribution in [0.5, 0.6) is 0 Å². The highest BCUT2D eigenvalue weighted by Gasteiger charge is 2.35. The molecule has 0 bridgehead atoms. The van der Waals surface area contributed by atoms with Crippen molar-refractivity contribution in [2.75, 3.05) is 19.6 Å². The minimum Gasteiger partial charge on any atom is -0.338 e. The number of amides is 1. The molecule has 1 saturated heterocycles. The standard InChI is InChI=1S/C14H24N4O/c1-13(2,3)18-8-11(7-16-18)12(19)17-6-5-14(4,9-15)10-17/h7-8H,5-6,9-10,15H2,1-4H3. The average Bonchev–Trinajstić information content (AvgIpc) is 2.94. The molecule has 2 heterocycles. The zero-order valence-electron chi connectivity index (χ0n) is 12.3. The van der Waals surface area contributed by atoms with E-state index in [1.165, 1.54) is 0 Å². The molecule has 5 nitrogen and oxygen atoms in total. The van der Waals surface area contributed by atoms with Gasteiger partial charge in [0.25, 0.3) is 5.91 Å². The second kappa shape index (κ2) is 4.63. The first-order valence-corrected chi connectivity index (χ1v) is 6.80. The fourth-order valence-electron chi connectivity index (χ4n) is 2.35. The van der Waals surface area contributed by atoms with Crippen molar-refractivity contribution in [3.8, 4) is 0 Å². The van der Waals surface area contributed by atoms with Gasteiger partial charge in [0, 0.05) is 19.3 Å². The molecule has 1 atom stereocenters. The number of likely N-dealkylation sites (tertiary alicyclic amines) is 1. The summed E-state index contributed by atoms with van der Waals surface area (Å²) in [4.78, 5) is 14.3. The second-order valence-electron chi connectivity index (χ2n) is 6.84. The molecule has 2 rings (SSSR count). The molecule has 1 aliphatic rings. The van der Waals surface area contributed by atoms with Crippen molar-refractivity contribution >= 4 is 5.91 Å². The molecule has 1 aromatic heterocycles. The number of aromatic nitrogens is 2. The van der Waals surface area contributed by atoms with E-state index in [0.717, 1.165) is 19.5 Å². The first kappa shape index (κ1) is 14.1. The van der Waals surface area contributed by atoms with Crippen LogP contribution in [0, 0.1) is 5.41 Å². The first-order chi connectivity index (χ1) is 8.75. The molecule has 2 N–H and O–H groups in total. The lowest BCUT2D eigenvalue weighted by Gasteiger charge is -2.22. The number of carbonyl (C=O) groups is 1. The maximum absolute atomic E-state index is 12.4. The summed E-state index contributed by atoms with van der Waals surface area (Å²) in [5.41, 5.74) is 6.40. The predicted molar refractivity (Wildman–Crippen MR) is 74.9 cm³/mol. The van der Waals surface area contributed by atoms with Gasteiger partial charge in [-0.3, -0.25) is 9.48 Å². The van der Waals surface area contributed by atoms with Crippen molar-refractivity contribution in [1.82, 2.24) is 14.7 Å². The van der Waals surface area contributed by atoms with E-state index in [1.807, 2.05) is 15.8 Å². The van der Waals surface area contributed by atoms with Crippen LogP contribution in [0.15, 0.2) is 12.4 Å². The summed E-state index contributed by atoms with van der Waals surface area (Å²) in [7, 11) is 0. The van der Waals surface area contributed by atoms with Gasteiger partial charge in [-0.05, 0) is 39.2 Å². The molecule has 0 saturated carbocycles. The van der Waals surface area contributed by atoms with Crippen molar-refractivity contribution in [1.29, 1.82) is 0 Å². The summed E-state index contributed by atoms with van der Waals surface area (Å²) in [5.74, 6) is 0.0627. The van der Waals surface area contributed by atoms with E-state index in [9.17, 15) is 4.79 Å². The van der Waals surface area contributed by atoms with Gasteiger partial charge in [0.15, 0.2) is 0 Å². The fraction of sp³-hybridized carbons (Fsp3) is 0.714. The maximum Gasteiger partial charge on any atom is 0.257 e. The fourth-order valence-corrected chi connectivity index (χ4v) is 2.35. The number of hydrogen-bond donors (Lipinski definition) is 1. The van der Waals surface area contributed by atoms with E-state index in [4.69, 9.17) is 5.73 Å². The maximum atomic E-state index is 12.4. The zero-order chi connectivity index (χ0) is 14.3. The lowest BCUT2D eigenvalue weighted by atomic mass is 9.90. The minimum absolute atomic E-state index is 0.0627. The van der Waals surface area contributed by atoms with Crippen LogP contribution in [0.1, 0.15) is 44.5 Å². The molecule has 1 fully saturated rings. The van der Waals surface area contributed by atoms with E-state index >= 15 is 0 Å². The minimum atomic E-state index is -0.102. The van der Waals surface area contributed by atoms with Crippen molar-refractivity contribution in [2.24, 2.45) is 11.1 Å². The molecule has 1 aliphatic heterocycles. The quantitative estimate of drug-likeness (QED) is 0.879. The first-order valence-electron chi connectivity index (χ1n) is 6.80. The van der Waals surface area contributed by atoms with Crippen molar-refractivity contribution < 1.29 is 4.79 Å². The van der Waals surface area contributed by atoms with Gasteiger partial charge in [0.1, 0.15) is 0 Å². The summed E-state index contributed by atoms with van der Waals surface area (Å²) in [5, 5.41) is 4.28. The van der Waals surface area contributed by atoms with Gasteiger partial charge in [-0.2, -0.15) is 5.10 Å². The summed E-state index contributed by atoms with van der Waals surface area (Å²) in [6.07, 6.45) is 4.47. The Hall–Kier alpha value is -1.36. The van der Waals surface area contributed by atoms with Crippen LogP contribution < -0.4 is 5.73 Å². The Kier molecular flexibility index (Phi) is 3.43. The van der Waals surface area contributed by atoms with E-state index in [1.54, 1.807) is 6.20 Å². The van der Waals surface area contributed by atoms with Gasteiger partial charge >= 0.3 is 0 Å². The Labute approximate surface area is 114 Å². The smallest absolute Gasteiger partial charge is 0.257 e. The summed E-state index contributed by atoms with van der Waals surface area (Å²) in [6.45, 7) is 10.5. The number of hydrogen-bond acceptors (Lipinski definition) is 3. The zero-order valence-corrected chi connectivity index (χ0v) is 12.3. The highest BCUT2D eigenvalue weighted by atomic mass is 16.2. The Morgan fingerprint density at radius 2 is 2.21 bits per heavy atom. The van der Waals surface area contributed by atoms with Crippen LogP contribution in [0.2, 0.25) is 0 Å². The van der Waals surface area contributed by atoms with Crippen molar-refractivity contribution in [3.63, 3.8) is 0 Å². The summed E-state index contributed by atoms with van der Waals surface area (Å²) in [6, 6.07) is 0. The molecule has 106 valence electrons. The Morgan fingerprint density at radius 3 is 2.68 bits per heavy atom. The van der Waals surface area contributed by atoms with Crippen LogP contribution in [0.25, 0.3) is 0 Å². The number of rotatable bonds is 2. The molecule has 1 aromatic rings. The lowest BCUT2D eigenvalue weighted by molar-refractivity contribution is 0.0776.